The third-order valence-electron chi connectivity index (χ3n) is 3.97. The molecule has 27 heavy (non-hydrogen) atoms. The first-order valence-electron chi connectivity index (χ1n) is 9.13. The van der Waals surface area contributed by atoms with Crippen molar-refractivity contribution in [2.75, 3.05) is 19.0 Å². The molecule has 0 aromatic heterocycles. The number of para-hydroxylation sites is 3. The van der Waals surface area contributed by atoms with Gasteiger partial charge in [0.15, 0.2) is 5.11 Å². The third-order valence-corrected chi connectivity index (χ3v) is 4.17. The maximum absolute atomic E-state index is 12.6. The number of thiocarbonyl (C=S) groups is 1. The molecule has 5 nitrogen and oxygen atoms in total. The van der Waals surface area contributed by atoms with Gasteiger partial charge in [-0.1, -0.05) is 50.5 Å². The van der Waals surface area contributed by atoms with E-state index in [0.717, 1.165) is 12.8 Å². The van der Waals surface area contributed by atoms with Gasteiger partial charge >= 0.3 is 0 Å². The van der Waals surface area contributed by atoms with E-state index in [2.05, 4.69) is 17.6 Å². The van der Waals surface area contributed by atoms with E-state index in [-0.39, 0.29) is 11.0 Å². The molecule has 2 aromatic carbocycles. The highest BCUT2D eigenvalue weighted by molar-refractivity contribution is 7.80. The average Bonchev–Trinajstić information content (AvgIpc) is 2.68. The number of hydrogen-bond donors (Lipinski definition) is 2. The van der Waals surface area contributed by atoms with Gasteiger partial charge in [-0.05, 0) is 42.9 Å². The molecule has 2 N–H and O–H groups in total. The van der Waals surface area contributed by atoms with Crippen LogP contribution in [0.15, 0.2) is 48.5 Å². The molecule has 0 aliphatic heterocycles. The monoisotopic (exact) mass is 386 g/mol. The lowest BCUT2D eigenvalue weighted by Crippen LogP contribution is -2.34. The van der Waals surface area contributed by atoms with E-state index in [0.29, 0.717) is 29.4 Å². The standard InChI is InChI=1S/C21H26N2O3S/c1-3-4-5-10-15-26-18-13-8-6-11-16(18)20(24)23-21(27)22-17-12-7-9-14-19(17)25-2/h6-9,11-14H,3-5,10,15H2,1-2H3,(H2,22,23,24,27). The molecule has 0 spiro atoms. The van der Waals surface area contributed by atoms with Crippen LogP contribution in [0.5, 0.6) is 11.5 Å². The summed E-state index contributed by atoms with van der Waals surface area (Å²) in [5, 5.41) is 5.87. The Bertz CT molecular complexity index is 765. The highest BCUT2D eigenvalue weighted by atomic mass is 32.1. The zero-order valence-corrected chi connectivity index (χ0v) is 16.6. The van der Waals surface area contributed by atoms with Crippen LogP contribution in [0.2, 0.25) is 0 Å². The van der Waals surface area contributed by atoms with Gasteiger partial charge in [-0.25, -0.2) is 0 Å². The molecular weight excluding hydrogens is 360 g/mol. The van der Waals surface area contributed by atoms with Crippen LogP contribution in [-0.2, 0) is 0 Å². The van der Waals surface area contributed by atoms with Crippen molar-refractivity contribution in [3.05, 3.63) is 54.1 Å². The lowest BCUT2D eigenvalue weighted by atomic mass is 10.2. The Kier molecular flexibility index (Phi) is 8.58. The van der Waals surface area contributed by atoms with Crippen molar-refractivity contribution in [1.82, 2.24) is 5.32 Å². The van der Waals surface area contributed by atoms with E-state index in [1.165, 1.54) is 12.8 Å². The topological polar surface area (TPSA) is 59.6 Å². The van der Waals surface area contributed by atoms with Crippen LogP contribution in [0, 0.1) is 0 Å². The highest BCUT2D eigenvalue weighted by Gasteiger charge is 2.14. The SMILES string of the molecule is CCCCCCOc1ccccc1C(=O)NC(=S)Nc1ccccc1OC. The van der Waals surface area contributed by atoms with Gasteiger partial charge in [-0.2, -0.15) is 0 Å². The summed E-state index contributed by atoms with van der Waals surface area (Å²) in [7, 11) is 1.58. The Morgan fingerprint density at radius 3 is 2.44 bits per heavy atom. The molecule has 0 radical (unpaired) electrons. The number of carbonyl (C=O) groups excluding carboxylic acids is 1. The molecule has 0 bridgehead atoms. The van der Waals surface area contributed by atoms with Crippen molar-refractivity contribution in [3.8, 4) is 11.5 Å². The molecule has 0 fully saturated rings. The minimum atomic E-state index is -0.313. The molecule has 144 valence electrons. The van der Waals surface area contributed by atoms with Crippen molar-refractivity contribution in [2.24, 2.45) is 0 Å². The van der Waals surface area contributed by atoms with Gasteiger partial charge in [-0.3, -0.25) is 10.1 Å². The Hall–Kier alpha value is -2.60. The molecular formula is C21H26N2O3S. The maximum atomic E-state index is 12.6. The summed E-state index contributed by atoms with van der Waals surface area (Å²) in [5.41, 5.74) is 1.14. The fraction of sp³-hybridized carbons (Fsp3) is 0.333. The fourth-order valence-corrected chi connectivity index (χ4v) is 2.77. The van der Waals surface area contributed by atoms with Crippen molar-refractivity contribution < 1.29 is 14.3 Å². The summed E-state index contributed by atoms with van der Waals surface area (Å²) in [5.74, 6) is 0.892. The second kappa shape index (κ2) is 11.2. The summed E-state index contributed by atoms with van der Waals surface area (Å²) < 4.78 is 11.1. The smallest absolute Gasteiger partial charge is 0.261 e. The Morgan fingerprint density at radius 1 is 1.00 bits per heavy atom. The third kappa shape index (κ3) is 6.57. The summed E-state index contributed by atoms with van der Waals surface area (Å²) in [6.45, 7) is 2.76. The van der Waals surface area contributed by atoms with Gasteiger partial charge in [0.25, 0.3) is 5.91 Å². The lowest BCUT2D eigenvalue weighted by molar-refractivity contribution is 0.0973. The average molecular weight is 387 g/mol. The number of carbonyl (C=O) groups is 1. The van der Waals surface area contributed by atoms with Crippen LogP contribution in [-0.4, -0.2) is 24.7 Å². The van der Waals surface area contributed by atoms with Gasteiger partial charge in [0.1, 0.15) is 11.5 Å². The number of ether oxygens (including phenoxy) is 2. The molecule has 6 heteroatoms. The normalized spacial score (nSPS) is 10.1. The molecule has 0 aliphatic carbocycles. The molecule has 0 saturated carbocycles. The molecule has 0 saturated heterocycles. The number of anilines is 1. The van der Waals surface area contributed by atoms with E-state index in [4.69, 9.17) is 21.7 Å². The van der Waals surface area contributed by atoms with Crippen LogP contribution in [0.25, 0.3) is 0 Å². The van der Waals surface area contributed by atoms with Gasteiger partial charge in [-0.15, -0.1) is 0 Å². The number of nitrogens with one attached hydrogen (secondary N) is 2. The first kappa shape index (κ1) is 20.7. The Morgan fingerprint density at radius 2 is 1.70 bits per heavy atom. The van der Waals surface area contributed by atoms with Crippen molar-refractivity contribution >= 4 is 28.9 Å². The zero-order chi connectivity index (χ0) is 19.5. The molecule has 2 rings (SSSR count). The molecule has 2 aromatic rings. The number of benzene rings is 2. The van der Waals surface area contributed by atoms with Gasteiger partial charge in [0.2, 0.25) is 0 Å². The molecule has 0 unspecified atom stereocenters. The Balaban J connectivity index is 1.96. The number of amides is 1. The van der Waals surface area contributed by atoms with E-state index >= 15 is 0 Å². The zero-order valence-electron chi connectivity index (χ0n) is 15.8. The lowest BCUT2D eigenvalue weighted by Gasteiger charge is -2.14. The molecule has 1 amide bonds. The second-order valence-corrected chi connectivity index (χ2v) is 6.42. The molecule has 0 heterocycles. The maximum Gasteiger partial charge on any atom is 0.261 e. The number of unbranched alkanes of at least 4 members (excludes halogenated alkanes) is 3. The number of hydrogen-bond acceptors (Lipinski definition) is 4. The van der Waals surface area contributed by atoms with Gasteiger partial charge < -0.3 is 14.8 Å². The van der Waals surface area contributed by atoms with E-state index in [1.807, 2.05) is 30.3 Å². The predicted octanol–water partition coefficient (Wildman–Crippen LogP) is 4.78. The summed E-state index contributed by atoms with van der Waals surface area (Å²) in [6, 6.07) is 14.5. The quantitative estimate of drug-likeness (QED) is 0.480. The Labute approximate surface area is 166 Å². The first-order valence-corrected chi connectivity index (χ1v) is 9.53. The van der Waals surface area contributed by atoms with E-state index in [9.17, 15) is 4.79 Å². The highest BCUT2D eigenvalue weighted by Crippen LogP contribution is 2.23. The predicted molar refractivity (Wildman–Crippen MR) is 113 cm³/mol. The second-order valence-electron chi connectivity index (χ2n) is 6.01. The van der Waals surface area contributed by atoms with Crippen LogP contribution in [0.3, 0.4) is 0 Å². The minimum absolute atomic E-state index is 0.197. The summed E-state index contributed by atoms with van der Waals surface area (Å²) in [4.78, 5) is 12.6. The van der Waals surface area contributed by atoms with Crippen LogP contribution in [0.1, 0.15) is 43.0 Å². The summed E-state index contributed by atoms with van der Waals surface area (Å²) >= 11 is 5.26. The fourth-order valence-electron chi connectivity index (χ4n) is 2.56. The number of rotatable bonds is 9. The van der Waals surface area contributed by atoms with Gasteiger partial charge in [0, 0.05) is 0 Å². The van der Waals surface area contributed by atoms with Gasteiger partial charge in [0.05, 0.1) is 25.0 Å². The van der Waals surface area contributed by atoms with E-state index in [1.54, 1.807) is 25.3 Å². The molecule has 0 aliphatic rings. The van der Waals surface area contributed by atoms with Crippen molar-refractivity contribution in [2.45, 2.75) is 32.6 Å². The van der Waals surface area contributed by atoms with Crippen LogP contribution >= 0.6 is 12.2 Å². The summed E-state index contributed by atoms with van der Waals surface area (Å²) in [6.07, 6.45) is 4.46. The van der Waals surface area contributed by atoms with Crippen LogP contribution in [0.4, 0.5) is 5.69 Å². The minimum Gasteiger partial charge on any atom is -0.495 e. The molecule has 0 atom stereocenters. The number of methoxy groups -OCH3 is 1. The van der Waals surface area contributed by atoms with Crippen LogP contribution < -0.4 is 20.1 Å². The van der Waals surface area contributed by atoms with Crippen molar-refractivity contribution in [3.63, 3.8) is 0 Å². The van der Waals surface area contributed by atoms with Crippen molar-refractivity contribution in [1.29, 1.82) is 0 Å². The van der Waals surface area contributed by atoms with E-state index < -0.39 is 0 Å². The largest absolute Gasteiger partial charge is 0.495 e. The first-order chi connectivity index (χ1) is 13.2.